The van der Waals surface area contributed by atoms with Crippen molar-refractivity contribution in [3.8, 4) is 0 Å². The zero-order chi connectivity index (χ0) is 32.3. The first kappa shape index (κ1) is 33.5. The third kappa shape index (κ3) is 9.78. The highest BCUT2D eigenvalue weighted by atomic mass is 32.2. The van der Waals surface area contributed by atoms with E-state index in [1.165, 1.54) is 24.3 Å². The lowest BCUT2D eigenvalue weighted by Crippen LogP contribution is -2.48. The van der Waals surface area contributed by atoms with Gasteiger partial charge in [-0.25, -0.2) is 18.2 Å². The summed E-state index contributed by atoms with van der Waals surface area (Å²) in [6, 6.07) is 23.0. The normalized spacial score (nSPS) is 12.0. The van der Waals surface area contributed by atoms with Crippen LogP contribution in [0.4, 0.5) is 19.0 Å². The number of nitrogens with two attached hydrogens (primary N) is 1. The molecule has 0 saturated heterocycles. The Morgan fingerprint density at radius 3 is 2.14 bits per heavy atom. The summed E-state index contributed by atoms with van der Waals surface area (Å²) in [5.74, 6) is -3.81. The molecule has 0 fully saturated rings. The van der Waals surface area contributed by atoms with Gasteiger partial charge in [0.25, 0.3) is 5.91 Å². The lowest BCUT2D eigenvalue weighted by Gasteiger charge is -2.15. The van der Waals surface area contributed by atoms with Crippen LogP contribution in [0.2, 0.25) is 0 Å². The molecular weight excluding hydrogens is 605 g/mol. The average molecular weight is 633 g/mol. The topological polar surface area (TPSA) is 178 Å². The monoisotopic (exact) mass is 632 g/mol. The Morgan fingerprint density at radius 2 is 1.52 bits per heavy atom. The maximum atomic E-state index is 12.2. The van der Waals surface area contributed by atoms with E-state index in [9.17, 15) is 41.1 Å². The van der Waals surface area contributed by atoms with Gasteiger partial charge in [-0.1, -0.05) is 60.7 Å². The minimum atomic E-state index is -4.98. The molecule has 4 aromatic rings. The molecule has 0 radical (unpaired) electrons. The molecule has 15 heteroatoms. The van der Waals surface area contributed by atoms with Gasteiger partial charge in [-0.2, -0.15) is 17.9 Å². The second kappa shape index (κ2) is 14.9. The van der Waals surface area contributed by atoms with Crippen LogP contribution in [0.25, 0.3) is 10.8 Å². The van der Waals surface area contributed by atoms with Crippen molar-refractivity contribution in [2.24, 2.45) is 0 Å². The van der Waals surface area contributed by atoms with E-state index in [4.69, 9.17) is 5.73 Å². The Balaban J connectivity index is 0.000000244. The molecule has 1 heterocycles. The van der Waals surface area contributed by atoms with Gasteiger partial charge in [-0.15, -0.1) is 0 Å². The molecule has 1 amide bonds. The van der Waals surface area contributed by atoms with Crippen molar-refractivity contribution < 1.29 is 45.8 Å². The number of hydrogen-bond donors (Lipinski definition) is 4. The zero-order valence-corrected chi connectivity index (χ0v) is 23.6. The molecule has 5 N–H and O–H groups in total. The van der Waals surface area contributed by atoms with Crippen LogP contribution >= 0.6 is 0 Å². The van der Waals surface area contributed by atoms with E-state index < -0.39 is 46.7 Å². The van der Waals surface area contributed by atoms with E-state index in [0.717, 1.165) is 10.8 Å². The number of nitrogens with one attached hydrogen (secondary N) is 2. The van der Waals surface area contributed by atoms with Crippen LogP contribution < -0.4 is 15.8 Å². The molecule has 11 nitrogen and oxygen atoms in total. The number of carboxylic acid groups (broad SMARTS) is 1. The molecule has 4 rings (SSSR count). The first-order chi connectivity index (χ1) is 20.8. The summed E-state index contributed by atoms with van der Waals surface area (Å²) in [5, 5.41) is 13.2. The number of ether oxygens (including phenoxy) is 1. The van der Waals surface area contributed by atoms with Gasteiger partial charge in [0.05, 0.1) is 17.2 Å². The van der Waals surface area contributed by atoms with E-state index in [-0.39, 0.29) is 23.7 Å². The van der Waals surface area contributed by atoms with Gasteiger partial charge in [0.1, 0.15) is 11.9 Å². The number of carbonyl (C=O) groups excluding carboxylic acids is 2. The lowest BCUT2D eigenvalue weighted by molar-refractivity contribution is -0.199. The van der Waals surface area contributed by atoms with Gasteiger partial charge in [0, 0.05) is 23.9 Å². The van der Waals surface area contributed by atoms with Crippen molar-refractivity contribution in [1.29, 1.82) is 0 Å². The fourth-order valence-corrected chi connectivity index (χ4v) is 4.94. The number of amides is 1. The number of rotatable bonds is 10. The SMILES string of the molecule is Nc1cc2ccccc2c(CCOC(=O)C(F)(F)F)n1.O=C(NCC(NS(=O)(=O)c1ccccc1)C(=O)O)c1ccccc1. The number of benzene rings is 3. The predicted molar refractivity (Wildman–Crippen MR) is 154 cm³/mol. The van der Waals surface area contributed by atoms with Gasteiger partial charge in [0.2, 0.25) is 10.0 Å². The largest absolute Gasteiger partial charge is 0.490 e. The fourth-order valence-electron chi connectivity index (χ4n) is 3.73. The third-order valence-corrected chi connectivity index (χ3v) is 7.28. The number of nitrogen functional groups attached to an aromatic ring is 1. The quantitative estimate of drug-likeness (QED) is 0.191. The Hall–Kier alpha value is -5.02. The number of pyridine rings is 1. The highest BCUT2D eigenvalue weighted by Crippen LogP contribution is 2.21. The molecule has 232 valence electrons. The number of hydrogen-bond acceptors (Lipinski definition) is 8. The number of nitrogens with zero attached hydrogens (tertiary/aromatic N) is 1. The van der Waals surface area contributed by atoms with E-state index in [1.807, 2.05) is 12.1 Å². The molecule has 0 aliphatic carbocycles. The molecule has 1 unspecified atom stereocenters. The highest BCUT2D eigenvalue weighted by molar-refractivity contribution is 7.89. The molecule has 3 aromatic carbocycles. The maximum Gasteiger partial charge on any atom is 0.490 e. The Labute approximate surface area is 249 Å². The van der Waals surface area contributed by atoms with Crippen molar-refractivity contribution in [3.05, 3.63) is 102 Å². The number of sulfonamides is 1. The van der Waals surface area contributed by atoms with Gasteiger partial charge < -0.3 is 20.9 Å². The third-order valence-electron chi connectivity index (χ3n) is 5.79. The second-order valence-corrected chi connectivity index (χ2v) is 10.7. The van der Waals surface area contributed by atoms with E-state index in [0.29, 0.717) is 11.3 Å². The number of carboxylic acids is 1. The highest BCUT2D eigenvalue weighted by Gasteiger charge is 2.40. The van der Waals surface area contributed by atoms with Crippen LogP contribution in [0, 0.1) is 0 Å². The van der Waals surface area contributed by atoms with Gasteiger partial charge in [0.15, 0.2) is 0 Å². The Bertz CT molecular complexity index is 1700. The smallest absolute Gasteiger partial charge is 0.480 e. The van der Waals surface area contributed by atoms with Gasteiger partial charge in [-0.3, -0.25) is 9.59 Å². The maximum absolute atomic E-state index is 12.2. The number of carbonyl (C=O) groups is 3. The van der Waals surface area contributed by atoms with E-state index in [2.05, 4.69) is 19.8 Å². The number of halogens is 3. The number of alkyl halides is 3. The Morgan fingerprint density at radius 1 is 0.932 bits per heavy atom. The van der Waals surface area contributed by atoms with Crippen LogP contribution in [0.1, 0.15) is 16.1 Å². The van der Waals surface area contributed by atoms with Crippen LogP contribution in [-0.2, 0) is 30.8 Å². The van der Waals surface area contributed by atoms with Crippen molar-refractivity contribution >= 4 is 44.5 Å². The van der Waals surface area contributed by atoms with E-state index >= 15 is 0 Å². The zero-order valence-electron chi connectivity index (χ0n) is 22.8. The standard InChI is InChI=1S/C16H16N2O5S.C13H11F3N2O2/c19-15(12-7-3-1-4-8-12)17-11-14(16(20)21)18-24(22,23)13-9-5-2-6-10-13;14-13(15,16)12(19)20-6-5-10-9-4-2-1-3-8(9)7-11(17)18-10/h1-10,14,18H,11H2,(H,17,19)(H,20,21);1-4,7H,5-6H2,(H2,17,18). The van der Waals surface area contributed by atoms with Crippen LogP contribution in [0.3, 0.4) is 0 Å². The second-order valence-electron chi connectivity index (χ2n) is 9.00. The first-order valence-corrected chi connectivity index (χ1v) is 14.3. The van der Waals surface area contributed by atoms with Crippen LogP contribution in [-0.4, -0.2) is 61.7 Å². The number of aromatic nitrogens is 1. The molecule has 0 saturated carbocycles. The summed E-state index contributed by atoms with van der Waals surface area (Å²) in [6.45, 7) is -0.784. The number of esters is 1. The molecule has 1 atom stereocenters. The number of fused-ring (bicyclic) bond motifs is 1. The number of anilines is 1. The Kier molecular flexibility index (Phi) is 11.4. The van der Waals surface area contributed by atoms with Gasteiger partial charge in [-0.05, 0) is 35.7 Å². The lowest BCUT2D eigenvalue weighted by atomic mass is 10.1. The van der Waals surface area contributed by atoms with E-state index in [1.54, 1.807) is 54.6 Å². The molecule has 44 heavy (non-hydrogen) atoms. The molecule has 0 aliphatic rings. The summed E-state index contributed by atoms with van der Waals surface area (Å²) in [5.41, 5.74) is 6.48. The summed E-state index contributed by atoms with van der Waals surface area (Å²) in [7, 11) is -4.00. The first-order valence-electron chi connectivity index (χ1n) is 12.8. The molecular formula is C29H27F3N4O7S. The van der Waals surface area contributed by atoms with Crippen molar-refractivity contribution in [2.75, 3.05) is 18.9 Å². The molecule has 0 spiro atoms. The summed E-state index contributed by atoms with van der Waals surface area (Å²) in [4.78, 5) is 37.8. The van der Waals surface area contributed by atoms with Crippen molar-refractivity contribution in [1.82, 2.24) is 15.0 Å². The summed E-state index contributed by atoms with van der Waals surface area (Å²) in [6.07, 6.45) is -4.92. The van der Waals surface area contributed by atoms with Crippen molar-refractivity contribution in [3.63, 3.8) is 0 Å². The van der Waals surface area contributed by atoms with Crippen molar-refractivity contribution in [2.45, 2.75) is 23.5 Å². The van der Waals surface area contributed by atoms with Crippen LogP contribution in [0.15, 0.2) is 95.9 Å². The summed E-state index contributed by atoms with van der Waals surface area (Å²) >= 11 is 0. The predicted octanol–water partition coefficient (Wildman–Crippen LogP) is 3.31. The minimum absolute atomic E-state index is 0.0503. The molecule has 0 aliphatic heterocycles. The van der Waals surface area contributed by atoms with Crippen LogP contribution in [0.5, 0.6) is 0 Å². The fraction of sp³-hybridized carbons (Fsp3) is 0.172. The average Bonchev–Trinajstić information content (AvgIpc) is 2.99. The molecule has 0 bridgehead atoms. The minimum Gasteiger partial charge on any atom is -0.480 e. The summed E-state index contributed by atoms with van der Waals surface area (Å²) < 4.78 is 66.5. The molecule has 1 aromatic heterocycles. The van der Waals surface area contributed by atoms with Gasteiger partial charge >= 0.3 is 18.1 Å². The number of aliphatic carboxylic acids is 1.